The molecule has 120 valence electrons. The van der Waals surface area contributed by atoms with Crippen LogP contribution >= 0.6 is 11.6 Å². The van der Waals surface area contributed by atoms with E-state index in [-0.39, 0.29) is 5.65 Å². The monoisotopic (exact) mass is 334 g/mol. The number of nitrogens with zero attached hydrogens (tertiary/aromatic N) is 4. The first-order valence-corrected chi connectivity index (χ1v) is 7.19. The molecule has 0 aliphatic rings. The lowest BCUT2D eigenvalue weighted by molar-refractivity contribution is 0.702. The molecule has 0 saturated carbocycles. The Labute approximate surface area is 135 Å². The number of fused-ring (bicyclic) bond motifs is 1. The maximum Gasteiger partial charge on any atom is 0.332 e. The number of nitrogen functional groups attached to an aromatic ring is 1. The van der Waals surface area contributed by atoms with Crippen LogP contribution in [0, 0.1) is 0 Å². The summed E-state index contributed by atoms with van der Waals surface area (Å²) in [6.07, 6.45) is 0. The number of anilines is 1. The number of benzene rings is 1. The van der Waals surface area contributed by atoms with Gasteiger partial charge in [0.1, 0.15) is 0 Å². The second-order valence-corrected chi connectivity index (χ2v) is 5.61. The number of hydrazine groups is 1. The summed E-state index contributed by atoms with van der Waals surface area (Å²) in [5, 5.41) is 0.592. The molecule has 9 heteroatoms. The predicted molar refractivity (Wildman–Crippen MR) is 88.6 cm³/mol. The van der Waals surface area contributed by atoms with E-state index in [1.54, 1.807) is 23.7 Å². The smallest absolute Gasteiger partial charge is 0.299 e. The van der Waals surface area contributed by atoms with E-state index >= 15 is 0 Å². The van der Waals surface area contributed by atoms with Crippen LogP contribution < -0.4 is 22.5 Å². The van der Waals surface area contributed by atoms with E-state index in [1.165, 1.54) is 11.6 Å². The summed E-state index contributed by atoms with van der Waals surface area (Å²) in [6, 6.07) is 7.26. The number of halogens is 1. The van der Waals surface area contributed by atoms with E-state index in [2.05, 4.69) is 10.4 Å². The molecular formula is C14H15ClN6O2. The molecule has 0 spiro atoms. The fourth-order valence-electron chi connectivity index (χ4n) is 2.53. The molecule has 0 atom stereocenters. The molecule has 0 unspecified atom stereocenters. The van der Waals surface area contributed by atoms with Crippen LogP contribution in [0.4, 0.5) is 5.95 Å². The lowest BCUT2D eigenvalue weighted by Crippen LogP contribution is -2.37. The second-order valence-electron chi connectivity index (χ2n) is 5.17. The Bertz CT molecular complexity index is 1020. The third-order valence-corrected chi connectivity index (χ3v) is 3.94. The number of imidazole rings is 1. The molecule has 8 nitrogen and oxygen atoms in total. The van der Waals surface area contributed by atoms with Gasteiger partial charge in [0, 0.05) is 19.1 Å². The quantitative estimate of drug-likeness (QED) is 0.534. The van der Waals surface area contributed by atoms with Crippen LogP contribution in [0.15, 0.2) is 33.9 Å². The Morgan fingerprint density at radius 1 is 1.26 bits per heavy atom. The molecule has 3 rings (SSSR count). The third-order valence-electron chi connectivity index (χ3n) is 3.71. The van der Waals surface area contributed by atoms with Crippen LogP contribution in [0.2, 0.25) is 5.02 Å². The van der Waals surface area contributed by atoms with E-state index in [0.717, 1.165) is 10.1 Å². The molecule has 2 heterocycles. The highest BCUT2D eigenvalue weighted by Gasteiger charge is 2.18. The number of aryl methyl sites for hydroxylation is 1. The number of aromatic nitrogens is 4. The van der Waals surface area contributed by atoms with Crippen molar-refractivity contribution in [3.8, 4) is 0 Å². The van der Waals surface area contributed by atoms with Gasteiger partial charge >= 0.3 is 5.69 Å². The van der Waals surface area contributed by atoms with Crippen LogP contribution in [0.25, 0.3) is 11.2 Å². The van der Waals surface area contributed by atoms with Gasteiger partial charge < -0.3 is 0 Å². The summed E-state index contributed by atoms with van der Waals surface area (Å²) in [6.45, 7) is 0.337. The van der Waals surface area contributed by atoms with Gasteiger partial charge in [-0.15, -0.1) is 0 Å². The summed E-state index contributed by atoms with van der Waals surface area (Å²) < 4.78 is 3.98. The molecule has 2 aromatic heterocycles. The third kappa shape index (κ3) is 2.41. The molecule has 3 N–H and O–H groups in total. The minimum atomic E-state index is -0.446. The van der Waals surface area contributed by atoms with Gasteiger partial charge in [-0.3, -0.25) is 23.9 Å². The number of nitrogens with two attached hydrogens (primary N) is 1. The Hall–Kier alpha value is -2.58. The molecular weight excluding hydrogens is 320 g/mol. The summed E-state index contributed by atoms with van der Waals surface area (Å²) in [5.74, 6) is 5.81. The van der Waals surface area contributed by atoms with Crippen LogP contribution in [0.5, 0.6) is 0 Å². The van der Waals surface area contributed by atoms with Gasteiger partial charge in [0.2, 0.25) is 5.95 Å². The molecule has 0 aliphatic heterocycles. The summed E-state index contributed by atoms with van der Waals surface area (Å²) in [4.78, 5) is 28.8. The minimum absolute atomic E-state index is 0.271. The van der Waals surface area contributed by atoms with E-state index in [0.29, 0.717) is 23.0 Å². The highest BCUT2D eigenvalue weighted by molar-refractivity contribution is 6.30. The number of hydrogen-bond donors (Lipinski definition) is 2. The van der Waals surface area contributed by atoms with Crippen LogP contribution in [0.1, 0.15) is 5.56 Å². The summed E-state index contributed by atoms with van der Waals surface area (Å²) in [5.41, 5.74) is 3.04. The lowest BCUT2D eigenvalue weighted by Gasteiger charge is -2.09. The van der Waals surface area contributed by atoms with Crippen molar-refractivity contribution < 1.29 is 0 Å². The normalized spacial score (nSPS) is 11.1. The van der Waals surface area contributed by atoms with Crippen molar-refractivity contribution in [3.63, 3.8) is 0 Å². The minimum Gasteiger partial charge on any atom is -0.299 e. The Morgan fingerprint density at radius 2 is 2.00 bits per heavy atom. The number of nitrogens with one attached hydrogen (secondary N) is 1. The molecule has 0 fully saturated rings. The lowest BCUT2D eigenvalue weighted by atomic mass is 10.2. The SMILES string of the molecule is Cn1c(=O)c2c(nc(NN)n2Cc2cccc(Cl)c2)n(C)c1=O. The van der Waals surface area contributed by atoms with Gasteiger partial charge in [0.15, 0.2) is 11.2 Å². The van der Waals surface area contributed by atoms with Gasteiger partial charge in [-0.2, -0.15) is 4.98 Å². The Balaban J connectivity index is 2.31. The van der Waals surface area contributed by atoms with E-state index in [4.69, 9.17) is 17.4 Å². The van der Waals surface area contributed by atoms with Crippen molar-refractivity contribution in [1.82, 2.24) is 18.7 Å². The first-order chi connectivity index (χ1) is 10.9. The van der Waals surface area contributed by atoms with Crippen molar-refractivity contribution in [3.05, 3.63) is 55.7 Å². The van der Waals surface area contributed by atoms with Crippen LogP contribution in [-0.2, 0) is 20.6 Å². The zero-order valence-electron chi connectivity index (χ0n) is 12.6. The Kier molecular flexibility index (Phi) is 3.70. The van der Waals surface area contributed by atoms with E-state index in [1.807, 2.05) is 12.1 Å². The number of hydrogen-bond acceptors (Lipinski definition) is 5. The fraction of sp³-hybridized carbons (Fsp3) is 0.214. The van der Waals surface area contributed by atoms with Gasteiger partial charge in [0.05, 0.1) is 6.54 Å². The first-order valence-electron chi connectivity index (χ1n) is 6.81. The molecule has 0 aliphatic carbocycles. The average Bonchev–Trinajstić information content (AvgIpc) is 2.89. The molecule has 1 aromatic carbocycles. The Morgan fingerprint density at radius 3 is 2.65 bits per heavy atom. The fourth-order valence-corrected chi connectivity index (χ4v) is 2.74. The summed E-state index contributed by atoms with van der Waals surface area (Å²) in [7, 11) is 2.98. The van der Waals surface area contributed by atoms with Crippen molar-refractivity contribution >= 4 is 28.7 Å². The van der Waals surface area contributed by atoms with Crippen molar-refractivity contribution in [2.75, 3.05) is 5.43 Å². The molecule has 3 aromatic rings. The highest BCUT2D eigenvalue weighted by atomic mass is 35.5. The van der Waals surface area contributed by atoms with Crippen molar-refractivity contribution in [2.45, 2.75) is 6.54 Å². The van der Waals surface area contributed by atoms with Gasteiger partial charge in [-0.05, 0) is 17.7 Å². The highest BCUT2D eigenvalue weighted by Crippen LogP contribution is 2.18. The maximum absolute atomic E-state index is 12.5. The van der Waals surface area contributed by atoms with Crippen LogP contribution in [-0.4, -0.2) is 18.7 Å². The van der Waals surface area contributed by atoms with Crippen molar-refractivity contribution in [2.24, 2.45) is 19.9 Å². The van der Waals surface area contributed by atoms with Gasteiger partial charge in [0.25, 0.3) is 5.56 Å². The zero-order chi connectivity index (χ0) is 16.7. The van der Waals surface area contributed by atoms with E-state index < -0.39 is 11.2 Å². The second kappa shape index (κ2) is 5.56. The van der Waals surface area contributed by atoms with Crippen LogP contribution in [0.3, 0.4) is 0 Å². The van der Waals surface area contributed by atoms with Crippen molar-refractivity contribution in [1.29, 1.82) is 0 Å². The standard InChI is InChI=1S/C14H15ClN6O2/c1-19-11-10(12(22)20(2)14(19)23)21(13(17-11)18-16)7-8-4-3-5-9(15)6-8/h3-6H,7,16H2,1-2H3,(H,17,18). The summed E-state index contributed by atoms with van der Waals surface area (Å²) >= 11 is 6.00. The van der Waals surface area contributed by atoms with E-state index in [9.17, 15) is 9.59 Å². The predicted octanol–water partition coefficient (Wildman–Crippen LogP) is 0.421. The largest absolute Gasteiger partial charge is 0.332 e. The van der Waals surface area contributed by atoms with Gasteiger partial charge in [-0.1, -0.05) is 23.7 Å². The average molecular weight is 335 g/mol. The first kappa shape index (κ1) is 15.3. The maximum atomic E-state index is 12.5. The number of rotatable bonds is 3. The molecule has 23 heavy (non-hydrogen) atoms. The molecule has 0 saturated heterocycles. The molecule has 0 bridgehead atoms. The molecule has 0 amide bonds. The van der Waals surface area contributed by atoms with Gasteiger partial charge in [-0.25, -0.2) is 10.6 Å². The molecule has 0 radical (unpaired) electrons. The zero-order valence-corrected chi connectivity index (χ0v) is 13.3. The topological polar surface area (TPSA) is 99.9 Å².